The number of nitrogens with two attached hydrogens (primary N) is 1. The van der Waals surface area contributed by atoms with Gasteiger partial charge in [-0.05, 0) is 49.5 Å². The molecular formula is C15H22ClN3O. The number of anilines is 1. The van der Waals surface area contributed by atoms with Crippen LogP contribution in [0.25, 0.3) is 0 Å². The SMILES string of the molecule is Cc1ccc(Cl)c(NC(=O)CN2CCC(C)(CN)C2)c1. The molecule has 2 rings (SSSR count). The normalized spacial score (nSPS) is 23.0. The van der Waals surface area contributed by atoms with E-state index in [0.29, 0.717) is 23.8 Å². The van der Waals surface area contributed by atoms with Gasteiger partial charge in [0.05, 0.1) is 17.3 Å². The van der Waals surface area contributed by atoms with Crippen molar-refractivity contribution in [1.82, 2.24) is 4.90 Å². The minimum Gasteiger partial charge on any atom is -0.330 e. The zero-order valence-electron chi connectivity index (χ0n) is 12.1. The lowest BCUT2D eigenvalue weighted by atomic mass is 9.90. The number of hydrogen-bond acceptors (Lipinski definition) is 3. The van der Waals surface area contributed by atoms with E-state index < -0.39 is 0 Å². The van der Waals surface area contributed by atoms with Crippen LogP contribution in [0.3, 0.4) is 0 Å². The Balaban J connectivity index is 1.92. The summed E-state index contributed by atoms with van der Waals surface area (Å²) in [5.74, 6) is -0.0289. The number of nitrogens with zero attached hydrogens (tertiary/aromatic N) is 1. The molecule has 110 valence electrons. The monoisotopic (exact) mass is 295 g/mol. The van der Waals surface area contributed by atoms with Crippen LogP contribution in [0.1, 0.15) is 18.9 Å². The Morgan fingerprint density at radius 3 is 2.95 bits per heavy atom. The van der Waals surface area contributed by atoms with E-state index >= 15 is 0 Å². The summed E-state index contributed by atoms with van der Waals surface area (Å²) in [6.07, 6.45) is 1.04. The highest BCUT2D eigenvalue weighted by Crippen LogP contribution is 2.28. The lowest BCUT2D eigenvalue weighted by molar-refractivity contribution is -0.117. The first-order valence-electron chi connectivity index (χ1n) is 6.90. The van der Waals surface area contributed by atoms with E-state index in [0.717, 1.165) is 25.1 Å². The van der Waals surface area contributed by atoms with Gasteiger partial charge < -0.3 is 11.1 Å². The number of aryl methyl sites for hydroxylation is 1. The minimum atomic E-state index is -0.0289. The molecule has 1 fully saturated rings. The van der Waals surface area contributed by atoms with Gasteiger partial charge in [-0.2, -0.15) is 0 Å². The molecule has 1 amide bonds. The molecule has 0 spiro atoms. The molecule has 1 aromatic rings. The van der Waals surface area contributed by atoms with Crippen molar-refractivity contribution in [1.29, 1.82) is 0 Å². The third-order valence-corrected chi connectivity index (χ3v) is 4.22. The van der Waals surface area contributed by atoms with Crippen molar-refractivity contribution in [3.8, 4) is 0 Å². The summed E-state index contributed by atoms with van der Waals surface area (Å²) < 4.78 is 0. The van der Waals surface area contributed by atoms with Crippen molar-refractivity contribution in [2.24, 2.45) is 11.1 Å². The Morgan fingerprint density at radius 1 is 1.55 bits per heavy atom. The molecule has 0 radical (unpaired) electrons. The Hall–Kier alpha value is -1.10. The Labute approximate surface area is 125 Å². The second-order valence-corrected chi connectivity index (χ2v) is 6.41. The number of rotatable bonds is 4. The second-order valence-electron chi connectivity index (χ2n) is 6.01. The number of halogens is 1. The molecular weight excluding hydrogens is 274 g/mol. The van der Waals surface area contributed by atoms with Gasteiger partial charge >= 0.3 is 0 Å². The molecule has 1 saturated heterocycles. The predicted octanol–water partition coefficient (Wildman–Crippen LogP) is 2.26. The molecule has 20 heavy (non-hydrogen) atoms. The van der Waals surface area contributed by atoms with Gasteiger partial charge in [-0.3, -0.25) is 9.69 Å². The largest absolute Gasteiger partial charge is 0.330 e. The number of likely N-dealkylation sites (tertiary alicyclic amines) is 1. The number of carbonyl (C=O) groups is 1. The Kier molecular flexibility index (Phi) is 4.68. The van der Waals surface area contributed by atoms with Crippen LogP contribution in [0.15, 0.2) is 18.2 Å². The van der Waals surface area contributed by atoms with E-state index in [1.165, 1.54) is 0 Å². The van der Waals surface area contributed by atoms with Crippen LogP contribution in [0.5, 0.6) is 0 Å². The van der Waals surface area contributed by atoms with E-state index in [1.807, 2.05) is 19.1 Å². The van der Waals surface area contributed by atoms with Crippen molar-refractivity contribution in [3.05, 3.63) is 28.8 Å². The van der Waals surface area contributed by atoms with Crippen LogP contribution in [-0.2, 0) is 4.79 Å². The molecule has 0 bridgehead atoms. The highest BCUT2D eigenvalue weighted by molar-refractivity contribution is 6.33. The van der Waals surface area contributed by atoms with Crippen LogP contribution in [-0.4, -0.2) is 37.0 Å². The quantitative estimate of drug-likeness (QED) is 0.896. The Bertz CT molecular complexity index is 506. The standard InChI is InChI=1S/C15H22ClN3O/c1-11-3-4-12(16)13(7-11)18-14(20)8-19-6-5-15(2,9-17)10-19/h3-4,7H,5-6,8-10,17H2,1-2H3,(H,18,20). The second kappa shape index (κ2) is 6.12. The number of nitrogens with one attached hydrogen (secondary N) is 1. The first kappa shape index (κ1) is 15.3. The summed E-state index contributed by atoms with van der Waals surface area (Å²) in [6.45, 7) is 6.98. The third kappa shape index (κ3) is 3.72. The molecule has 0 saturated carbocycles. The molecule has 1 heterocycles. The van der Waals surface area contributed by atoms with Gasteiger partial charge in [-0.1, -0.05) is 24.6 Å². The molecule has 1 aliphatic heterocycles. The van der Waals surface area contributed by atoms with Gasteiger partial charge in [0.2, 0.25) is 5.91 Å². The van der Waals surface area contributed by atoms with Crippen molar-refractivity contribution < 1.29 is 4.79 Å². The molecule has 3 N–H and O–H groups in total. The molecule has 0 aromatic heterocycles. The van der Waals surface area contributed by atoms with Gasteiger partial charge in [-0.15, -0.1) is 0 Å². The average Bonchev–Trinajstić information content (AvgIpc) is 2.76. The lowest BCUT2D eigenvalue weighted by Crippen LogP contribution is -2.35. The maximum atomic E-state index is 12.1. The summed E-state index contributed by atoms with van der Waals surface area (Å²) in [5, 5.41) is 3.45. The van der Waals surface area contributed by atoms with Crippen molar-refractivity contribution in [2.45, 2.75) is 20.3 Å². The minimum absolute atomic E-state index is 0.0289. The number of amides is 1. The summed E-state index contributed by atoms with van der Waals surface area (Å²) >= 11 is 6.08. The summed E-state index contributed by atoms with van der Waals surface area (Å²) in [5.41, 5.74) is 7.67. The highest BCUT2D eigenvalue weighted by atomic mass is 35.5. The van der Waals surface area contributed by atoms with Gasteiger partial charge in [0.15, 0.2) is 0 Å². The van der Waals surface area contributed by atoms with Crippen molar-refractivity contribution in [3.63, 3.8) is 0 Å². The molecule has 1 atom stereocenters. The topological polar surface area (TPSA) is 58.4 Å². The molecule has 1 unspecified atom stereocenters. The first-order valence-corrected chi connectivity index (χ1v) is 7.28. The van der Waals surface area contributed by atoms with E-state index in [9.17, 15) is 4.79 Å². The van der Waals surface area contributed by atoms with Crippen molar-refractivity contribution >= 4 is 23.2 Å². The number of hydrogen-bond donors (Lipinski definition) is 2. The molecule has 1 aromatic carbocycles. The maximum Gasteiger partial charge on any atom is 0.238 e. The maximum absolute atomic E-state index is 12.1. The van der Waals surface area contributed by atoms with E-state index in [-0.39, 0.29) is 11.3 Å². The van der Waals surface area contributed by atoms with Crippen molar-refractivity contribution in [2.75, 3.05) is 31.5 Å². The molecule has 5 heteroatoms. The first-order chi connectivity index (χ1) is 9.42. The molecule has 4 nitrogen and oxygen atoms in total. The van der Waals surface area contributed by atoms with Gasteiger partial charge in [0, 0.05) is 6.54 Å². The average molecular weight is 296 g/mol. The zero-order chi connectivity index (χ0) is 14.8. The van der Waals surface area contributed by atoms with E-state index in [4.69, 9.17) is 17.3 Å². The summed E-state index contributed by atoms with van der Waals surface area (Å²) in [4.78, 5) is 14.2. The van der Waals surface area contributed by atoms with Crippen LogP contribution in [0.2, 0.25) is 5.02 Å². The summed E-state index contributed by atoms with van der Waals surface area (Å²) in [7, 11) is 0. The fraction of sp³-hybridized carbons (Fsp3) is 0.533. The predicted molar refractivity (Wildman–Crippen MR) is 83.0 cm³/mol. The number of benzene rings is 1. The van der Waals surface area contributed by atoms with Crippen LogP contribution in [0.4, 0.5) is 5.69 Å². The lowest BCUT2D eigenvalue weighted by Gasteiger charge is -2.22. The van der Waals surface area contributed by atoms with Crippen LogP contribution < -0.4 is 11.1 Å². The fourth-order valence-corrected chi connectivity index (χ4v) is 2.72. The van der Waals surface area contributed by atoms with Gasteiger partial charge in [0.1, 0.15) is 0 Å². The third-order valence-electron chi connectivity index (χ3n) is 3.89. The number of carbonyl (C=O) groups excluding carboxylic acids is 1. The smallest absolute Gasteiger partial charge is 0.238 e. The fourth-order valence-electron chi connectivity index (χ4n) is 2.56. The van der Waals surface area contributed by atoms with Crippen LogP contribution in [0, 0.1) is 12.3 Å². The van der Waals surface area contributed by atoms with Gasteiger partial charge in [0.25, 0.3) is 0 Å². The van der Waals surface area contributed by atoms with Crippen LogP contribution >= 0.6 is 11.6 Å². The summed E-state index contributed by atoms with van der Waals surface area (Å²) in [6, 6.07) is 5.60. The highest BCUT2D eigenvalue weighted by Gasteiger charge is 2.33. The van der Waals surface area contributed by atoms with Gasteiger partial charge in [-0.25, -0.2) is 0 Å². The zero-order valence-corrected chi connectivity index (χ0v) is 12.8. The molecule has 1 aliphatic rings. The molecule has 0 aliphatic carbocycles. The van der Waals surface area contributed by atoms with E-state index in [1.54, 1.807) is 6.07 Å². The van der Waals surface area contributed by atoms with E-state index in [2.05, 4.69) is 17.1 Å². The Morgan fingerprint density at radius 2 is 2.30 bits per heavy atom.